The Morgan fingerprint density at radius 1 is 0.966 bits per heavy atom. The molecule has 1 amide bonds. The first-order valence-electron chi connectivity index (χ1n) is 10.4. The highest BCUT2D eigenvalue weighted by Crippen LogP contribution is 2.19. The number of nitrogens with one attached hydrogen (secondary N) is 2. The summed E-state index contributed by atoms with van der Waals surface area (Å²) in [6.45, 7) is 0. The largest absolute Gasteiger partial charge is 0.468 e. The standard InChI is InChI=1S/C24H30N2O3/c1-29-24(28)22(19-13-7-3-8-14-19)26-21(17-18-11-5-2-6-12-18)23(27)25-20-15-9-4-10-16-20/h2-3,5-8,11-14,20-22,26H,4,9-10,15-17H2,1H3,(H,25,27). The van der Waals surface area contributed by atoms with Gasteiger partial charge in [-0.1, -0.05) is 79.9 Å². The predicted molar refractivity (Wildman–Crippen MR) is 113 cm³/mol. The van der Waals surface area contributed by atoms with Gasteiger partial charge in [-0.25, -0.2) is 4.79 Å². The monoisotopic (exact) mass is 394 g/mol. The van der Waals surface area contributed by atoms with Crippen LogP contribution < -0.4 is 10.6 Å². The SMILES string of the molecule is COC(=O)C(NC(Cc1ccccc1)C(=O)NC1CCCCC1)c1ccccc1. The normalized spacial score (nSPS) is 16.6. The Balaban J connectivity index is 1.80. The van der Waals surface area contributed by atoms with Crippen LogP contribution in [0.4, 0.5) is 0 Å². The van der Waals surface area contributed by atoms with Gasteiger partial charge in [-0.2, -0.15) is 0 Å². The molecule has 0 saturated heterocycles. The quantitative estimate of drug-likeness (QED) is 0.672. The van der Waals surface area contributed by atoms with E-state index in [0.29, 0.717) is 6.42 Å². The molecule has 1 aliphatic rings. The lowest BCUT2D eigenvalue weighted by atomic mass is 9.94. The van der Waals surface area contributed by atoms with E-state index >= 15 is 0 Å². The third-order valence-electron chi connectivity index (χ3n) is 5.49. The summed E-state index contributed by atoms with van der Waals surface area (Å²) in [6, 6.07) is 18.2. The molecule has 3 rings (SSSR count). The van der Waals surface area contributed by atoms with Crippen molar-refractivity contribution in [2.75, 3.05) is 7.11 Å². The molecule has 0 heterocycles. The first-order valence-corrected chi connectivity index (χ1v) is 10.4. The fourth-order valence-electron chi connectivity index (χ4n) is 3.89. The molecule has 1 fully saturated rings. The summed E-state index contributed by atoms with van der Waals surface area (Å²) < 4.78 is 5.01. The van der Waals surface area contributed by atoms with E-state index in [-0.39, 0.29) is 11.9 Å². The molecule has 0 radical (unpaired) electrons. The molecule has 2 unspecified atom stereocenters. The summed E-state index contributed by atoms with van der Waals surface area (Å²) in [7, 11) is 1.37. The molecule has 0 aliphatic heterocycles. The second-order valence-electron chi connectivity index (χ2n) is 7.62. The van der Waals surface area contributed by atoms with Gasteiger partial charge in [0.2, 0.25) is 5.91 Å². The molecule has 2 atom stereocenters. The van der Waals surface area contributed by atoms with Gasteiger partial charge in [0, 0.05) is 6.04 Å². The van der Waals surface area contributed by atoms with E-state index in [4.69, 9.17) is 4.74 Å². The molecule has 1 saturated carbocycles. The van der Waals surface area contributed by atoms with Crippen LogP contribution in [0.5, 0.6) is 0 Å². The van der Waals surface area contributed by atoms with Crippen LogP contribution in [0.15, 0.2) is 60.7 Å². The summed E-state index contributed by atoms with van der Waals surface area (Å²) in [5.74, 6) is -0.467. The number of rotatable bonds is 8. The van der Waals surface area contributed by atoms with E-state index in [1.165, 1.54) is 13.5 Å². The maximum atomic E-state index is 13.2. The molecule has 2 aromatic rings. The van der Waals surface area contributed by atoms with Crippen LogP contribution >= 0.6 is 0 Å². The Morgan fingerprint density at radius 2 is 1.59 bits per heavy atom. The van der Waals surface area contributed by atoms with Gasteiger partial charge < -0.3 is 10.1 Å². The van der Waals surface area contributed by atoms with E-state index in [1.807, 2.05) is 60.7 Å². The van der Waals surface area contributed by atoms with Gasteiger partial charge in [0.1, 0.15) is 6.04 Å². The van der Waals surface area contributed by atoms with Crippen LogP contribution in [-0.2, 0) is 20.7 Å². The van der Waals surface area contributed by atoms with E-state index < -0.39 is 18.1 Å². The number of amides is 1. The zero-order chi connectivity index (χ0) is 20.5. The van der Waals surface area contributed by atoms with Gasteiger partial charge in [0.15, 0.2) is 0 Å². The minimum Gasteiger partial charge on any atom is -0.468 e. The van der Waals surface area contributed by atoms with Crippen LogP contribution in [0, 0.1) is 0 Å². The summed E-state index contributed by atoms with van der Waals surface area (Å²) in [5, 5.41) is 6.47. The lowest BCUT2D eigenvalue weighted by molar-refractivity contribution is -0.143. The molecular formula is C24H30N2O3. The molecule has 0 bridgehead atoms. The first-order chi connectivity index (χ1) is 14.2. The van der Waals surface area contributed by atoms with E-state index in [9.17, 15) is 9.59 Å². The molecule has 29 heavy (non-hydrogen) atoms. The van der Waals surface area contributed by atoms with E-state index in [1.54, 1.807) is 0 Å². The number of carbonyl (C=O) groups excluding carboxylic acids is 2. The molecule has 5 heteroatoms. The van der Waals surface area contributed by atoms with Crippen molar-refractivity contribution in [1.82, 2.24) is 10.6 Å². The van der Waals surface area contributed by atoms with Gasteiger partial charge in [-0.3, -0.25) is 10.1 Å². The molecule has 0 aromatic heterocycles. The summed E-state index contributed by atoms with van der Waals surface area (Å²) in [6.07, 6.45) is 6.06. The third-order valence-corrected chi connectivity index (χ3v) is 5.49. The first kappa shape index (κ1) is 21.1. The van der Waals surface area contributed by atoms with Crippen molar-refractivity contribution in [3.8, 4) is 0 Å². The van der Waals surface area contributed by atoms with Crippen molar-refractivity contribution in [2.24, 2.45) is 0 Å². The number of benzene rings is 2. The van der Waals surface area contributed by atoms with Gasteiger partial charge in [0.05, 0.1) is 13.2 Å². The molecule has 5 nitrogen and oxygen atoms in total. The Labute approximate surface area is 172 Å². The zero-order valence-electron chi connectivity index (χ0n) is 17.0. The minimum atomic E-state index is -0.702. The van der Waals surface area contributed by atoms with Crippen molar-refractivity contribution in [3.63, 3.8) is 0 Å². The molecule has 0 spiro atoms. The average Bonchev–Trinajstić information content (AvgIpc) is 2.78. The fraction of sp³-hybridized carbons (Fsp3) is 0.417. The molecular weight excluding hydrogens is 364 g/mol. The highest BCUT2D eigenvalue weighted by atomic mass is 16.5. The van der Waals surface area contributed by atoms with Crippen molar-refractivity contribution in [2.45, 2.75) is 56.7 Å². The Morgan fingerprint density at radius 3 is 2.21 bits per heavy atom. The highest BCUT2D eigenvalue weighted by Gasteiger charge is 2.29. The lowest BCUT2D eigenvalue weighted by Crippen LogP contribution is -2.51. The van der Waals surface area contributed by atoms with Crippen molar-refractivity contribution in [3.05, 3.63) is 71.8 Å². The average molecular weight is 395 g/mol. The van der Waals surface area contributed by atoms with Crippen molar-refractivity contribution in [1.29, 1.82) is 0 Å². The maximum absolute atomic E-state index is 13.2. The van der Waals surface area contributed by atoms with Gasteiger partial charge in [0.25, 0.3) is 0 Å². The zero-order valence-corrected chi connectivity index (χ0v) is 17.0. The van der Waals surface area contributed by atoms with Gasteiger partial charge in [-0.05, 0) is 30.4 Å². The van der Waals surface area contributed by atoms with Crippen LogP contribution in [-0.4, -0.2) is 31.1 Å². The number of hydrogen-bond acceptors (Lipinski definition) is 4. The number of hydrogen-bond donors (Lipinski definition) is 2. The van der Waals surface area contributed by atoms with Gasteiger partial charge in [-0.15, -0.1) is 0 Å². The van der Waals surface area contributed by atoms with Crippen LogP contribution in [0.1, 0.15) is 49.3 Å². The number of methoxy groups -OCH3 is 1. The number of esters is 1. The van der Waals surface area contributed by atoms with E-state index in [2.05, 4.69) is 10.6 Å². The van der Waals surface area contributed by atoms with Crippen LogP contribution in [0.25, 0.3) is 0 Å². The molecule has 2 N–H and O–H groups in total. The lowest BCUT2D eigenvalue weighted by Gasteiger charge is -2.28. The maximum Gasteiger partial charge on any atom is 0.327 e. The second kappa shape index (κ2) is 10.8. The Kier molecular flexibility index (Phi) is 7.82. The number of carbonyl (C=O) groups is 2. The molecule has 1 aliphatic carbocycles. The molecule has 154 valence electrons. The fourth-order valence-corrected chi connectivity index (χ4v) is 3.89. The van der Waals surface area contributed by atoms with Crippen molar-refractivity contribution < 1.29 is 14.3 Å². The van der Waals surface area contributed by atoms with Crippen molar-refractivity contribution >= 4 is 11.9 Å². The molecule has 2 aromatic carbocycles. The summed E-state index contributed by atoms with van der Waals surface area (Å²) in [5.41, 5.74) is 1.82. The topological polar surface area (TPSA) is 67.4 Å². The van der Waals surface area contributed by atoms with Crippen LogP contribution in [0.3, 0.4) is 0 Å². The highest BCUT2D eigenvalue weighted by molar-refractivity contribution is 5.84. The van der Waals surface area contributed by atoms with E-state index in [0.717, 1.165) is 36.8 Å². The predicted octanol–water partition coefficient (Wildman–Crippen LogP) is 3.55. The number of ether oxygens (including phenoxy) is 1. The summed E-state index contributed by atoms with van der Waals surface area (Å²) in [4.78, 5) is 25.7. The Hall–Kier alpha value is -2.66. The van der Waals surface area contributed by atoms with Crippen LogP contribution in [0.2, 0.25) is 0 Å². The second-order valence-corrected chi connectivity index (χ2v) is 7.62. The minimum absolute atomic E-state index is 0.0643. The summed E-state index contributed by atoms with van der Waals surface area (Å²) >= 11 is 0. The third kappa shape index (κ3) is 6.16. The Bertz CT molecular complexity index is 773. The smallest absolute Gasteiger partial charge is 0.327 e. The van der Waals surface area contributed by atoms with Gasteiger partial charge >= 0.3 is 5.97 Å².